The molecular formula is C18H23N3O3. The molecule has 1 aromatic carbocycles. The van der Waals surface area contributed by atoms with E-state index in [1.165, 1.54) is 6.20 Å². The van der Waals surface area contributed by atoms with Gasteiger partial charge < -0.3 is 10.4 Å². The Kier molecular flexibility index (Phi) is 5.73. The molecule has 0 aliphatic carbocycles. The van der Waals surface area contributed by atoms with E-state index in [9.17, 15) is 9.59 Å². The van der Waals surface area contributed by atoms with Crippen molar-refractivity contribution in [3.05, 3.63) is 47.3 Å². The molecule has 0 fully saturated rings. The van der Waals surface area contributed by atoms with Crippen LogP contribution in [0.1, 0.15) is 41.4 Å². The van der Waals surface area contributed by atoms with Crippen LogP contribution >= 0.6 is 0 Å². The van der Waals surface area contributed by atoms with Crippen LogP contribution in [0.3, 0.4) is 0 Å². The van der Waals surface area contributed by atoms with Gasteiger partial charge in [-0.2, -0.15) is 5.10 Å². The lowest BCUT2D eigenvalue weighted by atomic mass is 10.0. The summed E-state index contributed by atoms with van der Waals surface area (Å²) in [5.74, 6) is -1.75. The fourth-order valence-electron chi connectivity index (χ4n) is 2.65. The second kappa shape index (κ2) is 7.77. The third-order valence-corrected chi connectivity index (χ3v) is 4.09. The predicted octanol–water partition coefficient (Wildman–Crippen LogP) is 2.72. The molecule has 1 heterocycles. The third kappa shape index (κ3) is 3.82. The van der Waals surface area contributed by atoms with Gasteiger partial charge in [-0.1, -0.05) is 31.5 Å². The van der Waals surface area contributed by atoms with Crippen molar-refractivity contribution in [2.24, 2.45) is 5.92 Å². The summed E-state index contributed by atoms with van der Waals surface area (Å²) in [7, 11) is 0. The van der Waals surface area contributed by atoms with E-state index < -0.39 is 11.9 Å². The maximum Gasteiger partial charge on any atom is 0.308 e. The molecule has 6 heteroatoms. The van der Waals surface area contributed by atoms with Gasteiger partial charge >= 0.3 is 5.97 Å². The van der Waals surface area contributed by atoms with Crippen molar-refractivity contribution in [1.29, 1.82) is 0 Å². The Labute approximate surface area is 141 Å². The van der Waals surface area contributed by atoms with Crippen LogP contribution in [0, 0.1) is 19.8 Å². The van der Waals surface area contributed by atoms with Crippen molar-refractivity contribution in [2.45, 2.75) is 33.6 Å². The second-order valence-corrected chi connectivity index (χ2v) is 5.88. The zero-order chi connectivity index (χ0) is 17.7. The molecule has 2 rings (SSSR count). The fraction of sp³-hybridized carbons (Fsp3) is 0.389. The Balaban J connectivity index is 2.14. The molecule has 0 aliphatic heterocycles. The van der Waals surface area contributed by atoms with Crippen LogP contribution in [-0.4, -0.2) is 33.3 Å². The number of hydrogen-bond donors (Lipinski definition) is 2. The van der Waals surface area contributed by atoms with Gasteiger partial charge in [0.15, 0.2) is 0 Å². The normalized spacial score (nSPS) is 12.0. The predicted molar refractivity (Wildman–Crippen MR) is 91.4 cm³/mol. The quantitative estimate of drug-likeness (QED) is 0.818. The molecule has 0 saturated heterocycles. The second-order valence-electron chi connectivity index (χ2n) is 5.88. The van der Waals surface area contributed by atoms with E-state index in [2.05, 4.69) is 10.4 Å². The van der Waals surface area contributed by atoms with Gasteiger partial charge in [0.2, 0.25) is 0 Å². The average molecular weight is 329 g/mol. The molecule has 0 aliphatic rings. The molecule has 0 bridgehead atoms. The number of carbonyl (C=O) groups is 2. The maximum absolute atomic E-state index is 12.4. The molecule has 2 aromatic rings. The first-order valence-electron chi connectivity index (χ1n) is 8.07. The Morgan fingerprint density at radius 3 is 2.62 bits per heavy atom. The first kappa shape index (κ1) is 17.7. The minimum Gasteiger partial charge on any atom is -0.481 e. The number of rotatable bonds is 7. The van der Waals surface area contributed by atoms with Crippen molar-refractivity contribution in [2.75, 3.05) is 6.54 Å². The summed E-state index contributed by atoms with van der Waals surface area (Å²) in [6.07, 6.45) is 2.82. The number of carboxylic acid groups (broad SMARTS) is 1. The molecule has 1 atom stereocenters. The van der Waals surface area contributed by atoms with Gasteiger partial charge in [-0.15, -0.1) is 0 Å². The summed E-state index contributed by atoms with van der Waals surface area (Å²) in [6, 6.07) is 7.80. The van der Waals surface area contributed by atoms with Crippen molar-refractivity contribution < 1.29 is 14.7 Å². The standard InChI is InChI=1S/C18H23N3O3/c1-4-7-14(18(23)24)10-19-17(22)15-11-20-21(13(15)3)16-9-6-5-8-12(16)2/h5-6,8-9,11,14H,4,7,10H2,1-3H3,(H,19,22)(H,23,24). The number of nitrogens with zero attached hydrogens (tertiary/aromatic N) is 2. The van der Waals surface area contributed by atoms with E-state index >= 15 is 0 Å². The Morgan fingerprint density at radius 1 is 1.29 bits per heavy atom. The summed E-state index contributed by atoms with van der Waals surface area (Å²) < 4.78 is 1.73. The highest BCUT2D eigenvalue weighted by Crippen LogP contribution is 2.17. The number of aryl methyl sites for hydroxylation is 1. The van der Waals surface area contributed by atoms with Gasteiger partial charge in [0.25, 0.3) is 5.91 Å². The lowest BCUT2D eigenvalue weighted by Crippen LogP contribution is -2.33. The Bertz CT molecular complexity index is 737. The highest BCUT2D eigenvalue weighted by Gasteiger charge is 2.20. The monoisotopic (exact) mass is 329 g/mol. The molecular weight excluding hydrogens is 306 g/mol. The molecule has 0 radical (unpaired) electrons. The molecule has 1 amide bonds. The van der Waals surface area contributed by atoms with Crippen LogP contribution in [0.2, 0.25) is 0 Å². The first-order chi connectivity index (χ1) is 11.5. The van der Waals surface area contributed by atoms with Crippen molar-refractivity contribution in [3.63, 3.8) is 0 Å². The fourth-order valence-corrected chi connectivity index (χ4v) is 2.65. The lowest BCUT2D eigenvalue weighted by Gasteiger charge is -2.12. The Hall–Kier alpha value is -2.63. The van der Waals surface area contributed by atoms with Gasteiger partial charge in [0.1, 0.15) is 0 Å². The molecule has 0 saturated carbocycles. The minimum atomic E-state index is -0.885. The number of aromatic nitrogens is 2. The number of nitrogens with one attached hydrogen (secondary N) is 1. The van der Waals surface area contributed by atoms with E-state index in [0.29, 0.717) is 12.0 Å². The minimum absolute atomic E-state index is 0.122. The molecule has 24 heavy (non-hydrogen) atoms. The number of amides is 1. The van der Waals surface area contributed by atoms with Crippen LogP contribution < -0.4 is 5.32 Å². The van der Waals surface area contributed by atoms with Crippen LogP contribution in [0.25, 0.3) is 5.69 Å². The van der Waals surface area contributed by atoms with Crippen LogP contribution in [-0.2, 0) is 4.79 Å². The summed E-state index contributed by atoms with van der Waals surface area (Å²) in [5, 5.41) is 16.2. The van der Waals surface area contributed by atoms with Gasteiger partial charge in [-0.25, -0.2) is 4.68 Å². The number of carbonyl (C=O) groups excluding carboxylic acids is 1. The number of benzene rings is 1. The lowest BCUT2D eigenvalue weighted by molar-refractivity contribution is -0.141. The molecule has 1 aromatic heterocycles. The van der Waals surface area contributed by atoms with Crippen LogP contribution in [0.15, 0.2) is 30.5 Å². The summed E-state index contributed by atoms with van der Waals surface area (Å²) >= 11 is 0. The third-order valence-electron chi connectivity index (χ3n) is 4.09. The van der Waals surface area contributed by atoms with Crippen LogP contribution in [0.5, 0.6) is 0 Å². The Morgan fingerprint density at radius 2 is 2.00 bits per heavy atom. The van der Waals surface area contributed by atoms with Crippen molar-refractivity contribution >= 4 is 11.9 Å². The average Bonchev–Trinajstić information content (AvgIpc) is 2.93. The van der Waals surface area contributed by atoms with Gasteiger partial charge in [0.05, 0.1) is 29.1 Å². The van der Waals surface area contributed by atoms with E-state index in [1.807, 2.05) is 45.0 Å². The van der Waals surface area contributed by atoms with Crippen molar-refractivity contribution in [3.8, 4) is 5.69 Å². The van der Waals surface area contributed by atoms with Gasteiger partial charge in [-0.05, 0) is 31.9 Å². The summed E-state index contributed by atoms with van der Waals surface area (Å²) in [4.78, 5) is 23.5. The number of hydrogen-bond acceptors (Lipinski definition) is 3. The van der Waals surface area contributed by atoms with Crippen LogP contribution in [0.4, 0.5) is 0 Å². The van der Waals surface area contributed by atoms with E-state index in [0.717, 1.165) is 23.4 Å². The maximum atomic E-state index is 12.4. The molecule has 128 valence electrons. The van der Waals surface area contributed by atoms with Crippen molar-refractivity contribution in [1.82, 2.24) is 15.1 Å². The highest BCUT2D eigenvalue weighted by molar-refractivity contribution is 5.95. The molecule has 2 N–H and O–H groups in total. The van der Waals surface area contributed by atoms with Gasteiger partial charge in [0, 0.05) is 6.54 Å². The number of para-hydroxylation sites is 1. The van der Waals surface area contributed by atoms with Gasteiger partial charge in [-0.3, -0.25) is 9.59 Å². The summed E-state index contributed by atoms with van der Waals surface area (Å²) in [6.45, 7) is 5.86. The smallest absolute Gasteiger partial charge is 0.308 e. The zero-order valence-electron chi connectivity index (χ0n) is 14.2. The van der Waals surface area contributed by atoms with E-state index in [-0.39, 0.29) is 12.5 Å². The SMILES string of the molecule is CCCC(CNC(=O)c1cnn(-c2ccccc2C)c1C)C(=O)O. The molecule has 6 nitrogen and oxygen atoms in total. The zero-order valence-corrected chi connectivity index (χ0v) is 14.2. The van der Waals surface area contributed by atoms with E-state index in [4.69, 9.17) is 5.11 Å². The molecule has 0 spiro atoms. The molecule has 1 unspecified atom stereocenters. The largest absolute Gasteiger partial charge is 0.481 e. The highest BCUT2D eigenvalue weighted by atomic mass is 16.4. The first-order valence-corrected chi connectivity index (χ1v) is 8.07. The number of aliphatic carboxylic acids is 1. The summed E-state index contributed by atoms with van der Waals surface area (Å²) in [5.41, 5.74) is 3.16. The topological polar surface area (TPSA) is 84.2 Å². The van der Waals surface area contributed by atoms with E-state index in [1.54, 1.807) is 4.68 Å². The number of carboxylic acids is 1.